The second-order valence-corrected chi connectivity index (χ2v) is 7.30. The number of likely N-dealkylation sites (tertiary alicyclic amines) is 1. The van der Waals surface area contributed by atoms with E-state index in [1.165, 1.54) is 17.3 Å². The van der Waals surface area contributed by atoms with E-state index >= 15 is 0 Å². The average Bonchev–Trinajstić information content (AvgIpc) is 3.14. The van der Waals surface area contributed by atoms with E-state index in [0.717, 1.165) is 25.7 Å². The number of carbonyl (C=O) groups excluding carboxylic acids is 2. The molecule has 3 rings (SSSR count). The Bertz CT molecular complexity index is 726. The van der Waals surface area contributed by atoms with E-state index in [1.807, 2.05) is 24.4 Å². The van der Waals surface area contributed by atoms with Crippen molar-refractivity contribution in [1.29, 1.82) is 0 Å². The Morgan fingerprint density at radius 3 is 2.60 bits per heavy atom. The van der Waals surface area contributed by atoms with Crippen molar-refractivity contribution in [2.75, 3.05) is 13.1 Å². The molecule has 1 saturated heterocycles. The van der Waals surface area contributed by atoms with Crippen molar-refractivity contribution in [2.24, 2.45) is 0 Å². The molecule has 1 N–H and O–H groups in total. The minimum absolute atomic E-state index is 0.0499. The molecule has 0 saturated carbocycles. The number of piperidine rings is 1. The summed E-state index contributed by atoms with van der Waals surface area (Å²) in [4.78, 5) is 36.6. The first kappa shape index (κ1) is 17.5. The molecule has 3 heterocycles. The monoisotopic (exact) mass is 358 g/mol. The van der Waals surface area contributed by atoms with Gasteiger partial charge < -0.3 is 10.2 Å². The highest BCUT2D eigenvalue weighted by atomic mass is 32.1. The zero-order chi connectivity index (χ0) is 17.6. The predicted molar refractivity (Wildman–Crippen MR) is 96.7 cm³/mol. The smallest absolute Gasteiger partial charge is 0.274 e. The molecular formula is C18H22N4O2S. The lowest BCUT2D eigenvalue weighted by atomic mass is 10.1. The molecule has 1 aliphatic heterocycles. The maximum absolute atomic E-state index is 12.7. The molecule has 0 spiro atoms. The van der Waals surface area contributed by atoms with Crippen LogP contribution in [0.2, 0.25) is 0 Å². The molecule has 1 unspecified atom stereocenters. The van der Waals surface area contributed by atoms with Crippen LogP contribution in [0, 0.1) is 0 Å². The molecule has 0 bridgehead atoms. The van der Waals surface area contributed by atoms with Crippen molar-refractivity contribution in [1.82, 2.24) is 20.2 Å². The molecule has 1 atom stereocenters. The first-order chi connectivity index (χ1) is 12.1. The van der Waals surface area contributed by atoms with Crippen LogP contribution >= 0.6 is 11.3 Å². The summed E-state index contributed by atoms with van der Waals surface area (Å²) >= 11 is 1.66. The molecule has 1 aliphatic rings. The minimum Gasteiger partial charge on any atom is -0.348 e. The predicted octanol–water partition coefficient (Wildman–Crippen LogP) is 2.53. The van der Waals surface area contributed by atoms with Gasteiger partial charge in [0.05, 0.1) is 0 Å². The Morgan fingerprint density at radius 2 is 1.92 bits per heavy atom. The summed E-state index contributed by atoms with van der Waals surface area (Å²) in [5.41, 5.74) is 0.251. The third kappa shape index (κ3) is 4.42. The van der Waals surface area contributed by atoms with Gasteiger partial charge in [0, 0.05) is 42.8 Å². The normalized spacial score (nSPS) is 15.6. The number of hydrogen-bond donors (Lipinski definition) is 1. The fourth-order valence-corrected chi connectivity index (χ4v) is 3.82. The highest BCUT2D eigenvalue weighted by Gasteiger charge is 2.26. The standard InChI is InChI=1S/C18H22N4O2S/c1-13(12-14-6-5-11-25-14)21-17(23)15-16(20-8-7-19-15)18(24)22-9-3-2-4-10-22/h5-8,11,13H,2-4,9-10,12H2,1H3,(H,21,23). The summed E-state index contributed by atoms with van der Waals surface area (Å²) < 4.78 is 0. The van der Waals surface area contributed by atoms with Crippen LogP contribution in [-0.4, -0.2) is 45.8 Å². The number of nitrogens with one attached hydrogen (secondary N) is 1. The van der Waals surface area contributed by atoms with Crippen LogP contribution < -0.4 is 5.32 Å². The van der Waals surface area contributed by atoms with Crippen LogP contribution in [0.5, 0.6) is 0 Å². The quantitative estimate of drug-likeness (QED) is 0.891. The van der Waals surface area contributed by atoms with Gasteiger partial charge >= 0.3 is 0 Å². The van der Waals surface area contributed by atoms with E-state index in [9.17, 15) is 9.59 Å². The van der Waals surface area contributed by atoms with Crippen molar-refractivity contribution in [3.63, 3.8) is 0 Å². The van der Waals surface area contributed by atoms with Gasteiger partial charge in [-0.2, -0.15) is 0 Å². The van der Waals surface area contributed by atoms with Crippen LogP contribution in [0.3, 0.4) is 0 Å². The van der Waals surface area contributed by atoms with Crippen LogP contribution in [0.4, 0.5) is 0 Å². The second kappa shape index (κ2) is 8.20. The summed E-state index contributed by atoms with van der Waals surface area (Å²) in [6, 6.07) is 3.99. The fourth-order valence-electron chi connectivity index (χ4n) is 2.98. The summed E-state index contributed by atoms with van der Waals surface area (Å²) in [7, 11) is 0. The third-order valence-corrected chi connectivity index (χ3v) is 5.12. The SMILES string of the molecule is CC(Cc1cccs1)NC(=O)c1nccnc1C(=O)N1CCCCC1. The number of hydrogen-bond acceptors (Lipinski definition) is 5. The van der Waals surface area contributed by atoms with Gasteiger partial charge in [-0.05, 0) is 37.6 Å². The molecule has 0 aromatic carbocycles. The fraction of sp³-hybridized carbons (Fsp3) is 0.444. The van der Waals surface area contributed by atoms with E-state index < -0.39 is 0 Å². The Morgan fingerprint density at radius 1 is 1.20 bits per heavy atom. The maximum atomic E-state index is 12.7. The van der Waals surface area contributed by atoms with Gasteiger partial charge in [-0.25, -0.2) is 9.97 Å². The van der Waals surface area contributed by atoms with Gasteiger partial charge in [-0.15, -0.1) is 11.3 Å². The molecule has 2 aromatic heterocycles. The average molecular weight is 358 g/mol. The lowest BCUT2D eigenvalue weighted by Gasteiger charge is -2.26. The van der Waals surface area contributed by atoms with E-state index in [-0.39, 0.29) is 29.2 Å². The summed E-state index contributed by atoms with van der Waals surface area (Å²) in [5, 5.41) is 4.94. The number of rotatable bonds is 5. The molecule has 1 fully saturated rings. The van der Waals surface area contributed by atoms with E-state index in [0.29, 0.717) is 13.1 Å². The number of aromatic nitrogens is 2. The van der Waals surface area contributed by atoms with Gasteiger partial charge in [0.15, 0.2) is 11.4 Å². The van der Waals surface area contributed by atoms with Crippen molar-refractivity contribution in [3.05, 3.63) is 46.2 Å². The van der Waals surface area contributed by atoms with E-state index in [4.69, 9.17) is 0 Å². The van der Waals surface area contributed by atoms with Crippen LogP contribution in [0.25, 0.3) is 0 Å². The van der Waals surface area contributed by atoms with Crippen LogP contribution in [0.1, 0.15) is 52.0 Å². The molecular weight excluding hydrogens is 336 g/mol. The first-order valence-corrected chi connectivity index (χ1v) is 9.46. The highest BCUT2D eigenvalue weighted by Crippen LogP contribution is 2.14. The Labute approximate surface area is 151 Å². The zero-order valence-electron chi connectivity index (χ0n) is 14.3. The molecule has 6 nitrogen and oxygen atoms in total. The largest absolute Gasteiger partial charge is 0.348 e. The number of carbonyl (C=O) groups is 2. The van der Waals surface area contributed by atoms with Crippen molar-refractivity contribution >= 4 is 23.2 Å². The lowest BCUT2D eigenvalue weighted by molar-refractivity contribution is 0.0710. The molecule has 7 heteroatoms. The van der Waals surface area contributed by atoms with Gasteiger partial charge in [0.25, 0.3) is 11.8 Å². The topological polar surface area (TPSA) is 75.2 Å². The molecule has 132 valence electrons. The number of thiophene rings is 1. The first-order valence-electron chi connectivity index (χ1n) is 8.58. The zero-order valence-corrected chi connectivity index (χ0v) is 15.1. The summed E-state index contributed by atoms with van der Waals surface area (Å²) in [5.74, 6) is -0.554. The van der Waals surface area contributed by atoms with Gasteiger partial charge in [0.1, 0.15) is 0 Å². The highest BCUT2D eigenvalue weighted by molar-refractivity contribution is 7.09. The lowest BCUT2D eigenvalue weighted by Crippen LogP contribution is -2.39. The number of amides is 2. The molecule has 2 aromatic rings. The van der Waals surface area contributed by atoms with Gasteiger partial charge in [-0.1, -0.05) is 6.07 Å². The van der Waals surface area contributed by atoms with E-state index in [1.54, 1.807) is 16.2 Å². The molecule has 2 amide bonds. The maximum Gasteiger partial charge on any atom is 0.274 e. The number of nitrogens with zero attached hydrogens (tertiary/aromatic N) is 3. The van der Waals surface area contributed by atoms with E-state index in [2.05, 4.69) is 15.3 Å². The molecule has 0 aliphatic carbocycles. The summed E-state index contributed by atoms with van der Waals surface area (Å²) in [6.07, 6.45) is 6.78. The van der Waals surface area contributed by atoms with Crippen molar-refractivity contribution in [3.8, 4) is 0 Å². The van der Waals surface area contributed by atoms with Crippen molar-refractivity contribution in [2.45, 2.75) is 38.6 Å². The van der Waals surface area contributed by atoms with Crippen LogP contribution in [-0.2, 0) is 6.42 Å². The molecule has 25 heavy (non-hydrogen) atoms. The Hall–Kier alpha value is -2.28. The Balaban J connectivity index is 1.70. The van der Waals surface area contributed by atoms with Crippen molar-refractivity contribution < 1.29 is 9.59 Å². The minimum atomic E-state index is -0.350. The Kier molecular flexibility index (Phi) is 5.75. The van der Waals surface area contributed by atoms with Gasteiger partial charge in [-0.3, -0.25) is 9.59 Å². The van der Waals surface area contributed by atoms with Gasteiger partial charge in [0.2, 0.25) is 0 Å². The summed E-state index contributed by atoms with van der Waals surface area (Å²) in [6.45, 7) is 3.37. The third-order valence-electron chi connectivity index (χ3n) is 4.22. The van der Waals surface area contributed by atoms with Crippen LogP contribution in [0.15, 0.2) is 29.9 Å². The second-order valence-electron chi connectivity index (χ2n) is 6.26. The molecule has 0 radical (unpaired) electrons.